The number of carbonyl (C=O) groups is 1. The number of carbonyl (C=O) groups excluding carboxylic acids is 1. The number of hydrogen-bond acceptors (Lipinski definition) is 8. The molecule has 202 valence electrons. The first kappa shape index (κ1) is 25.2. The summed E-state index contributed by atoms with van der Waals surface area (Å²) in [7, 11) is 2.15. The first-order chi connectivity index (χ1) is 19.1. The lowest BCUT2D eigenvalue weighted by atomic mass is 10.2. The van der Waals surface area contributed by atoms with Crippen LogP contribution in [0.25, 0.3) is 16.9 Å². The lowest BCUT2D eigenvalue weighted by Gasteiger charge is -2.32. The van der Waals surface area contributed by atoms with Crippen molar-refractivity contribution in [2.24, 2.45) is 0 Å². The number of nitrogens with one attached hydrogen (secondary N) is 2. The molecule has 6 rings (SSSR count). The SMILES string of the molecule is CN1CCN(Cc2ccc(NC(=O)Nc3ccc(-c4nc(N5CCOCC5)c5cccn5n4)cc3)cn2)CC1. The van der Waals surface area contributed by atoms with Crippen LogP contribution in [-0.2, 0) is 11.3 Å². The van der Waals surface area contributed by atoms with E-state index in [1.54, 1.807) is 6.20 Å². The molecule has 0 unspecified atom stereocenters. The van der Waals surface area contributed by atoms with Crippen molar-refractivity contribution in [2.75, 3.05) is 75.1 Å². The maximum absolute atomic E-state index is 12.6. The van der Waals surface area contributed by atoms with Gasteiger partial charge in [0.05, 0.1) is 30.8 Å². The number of rotatable bonds is 6. The molecule has 4 aromatic rings. The van der Waals surface area contributed by atoms with Gasteiger partial charge < -0.3 is 25.2 Å². The summed E-state index contributed by atoms with van der Waals surface area (Å²) in [5.41, 5.74) is 4.16. The van der Waals surface area contributed by atoms with E-state index in [0.717, 1.165) is 68.4 Å². The van der Waals surface area contributed by atoms with E-state index in [1.807, 2.05) is 59.2 Å². The van der Waals surface area contributed by atoms with Crippen LogP contribution in [0.3, 0.4) is 0 Å². The molecule has 0 radical (unpaired) electrons. The van der Waals surface area contributed by atoms with E-state index in [4.69, 9.17) is 14.8 Å². The summed E-state index contributed by atoms with van der Waals surface area (Å²) in [6.45, 7) is 8.02. The third-order valence-electron chi connectivity index (χ3n) is 7.15. The Morgan fingerprint density at radius 1 is 0.923 bits per heavy atom. The molecule has 2 fully saturated rings. The van der Waals surface area contributed by atoms with Crippen molar-refractivity contribution in [2.45, 2.75) is 6.54 Å². The molecule has 11 heteroatoms. The number of ether oxygens (including phenoxy) is 1. The minimum absolute atomic E-state index is 0.323. The van der Waals surface area contributed by atoms with Gasteiger partial charge in [0, 0.05) is 63.3 Å². The highest BCUT2D eigenvalue weighted by Gasteiger charge is 2.18. The summed E-state index contributed by atoms with van der Waals surface area (Å²) < 4.78 is 7.37. The molecular weight excluding hydrogens is 494 g/mol. The van der Waals surface area contributed by atoms with Crippen molar-refractivity contribution < 1.29 is 9.53 Å². The van der Waals surface area contributed by atoms with Crippen LogP contribution in [0.15, 0.2) is 60.9 Å². The predicted molar refractivity (Wildman–Crippen MR) is 151 cm³/mol. The number of likely N-dealkylation sites (N-methyl/N-ethyl adjacent to an activating group) is 1. The van der Waals surface area contributed by atoms with Crippen molar-refractivity contribution >= 4 is 28.7 Å². The van der Waals surface area contributed by atoms with Gasteiger partial charge in [0.15, 0.2) is 11.6 Å². The smallest absolute Gasteiger partial charge is 0.323 e. The highest BCUT2D eigenvalue weighted by atomic mass is 16.5. The summed E-state index contributed by atoms with van der Waals surface area (Å²) in [5, 5.41) is 10.4. The normalized spacial score (nSPS) is 16.9. The molecule has 2 aliphatic heterocycles. The molecule has 2 amide bonds. The molecule has 11 nitrogen and oxygen atoms in total. The molecular formula is C28H33N9O2. The molecule has 0 spiro atoms. The summed E-state index contributed by atoms with van der Waals surface area (Å²) in [5.74, 6) is 1.52. The fourth-order valence-corrected chi connectivity index (χ4v) is 4.87. The Kier molecular flexibility index (Phi) is 7.35. The van der Waals surface area contributed by atoms with E-state index in [0.29, 0.717) is 30.4 Å². The Balaban J connectivity index is 1.08. The van der Waals surface area contributed by atoms with Crippen LogP contribution in [0.2, 0.25) is 0 Å². The number of nitrogens with zero attached hydrogens (tertiary/aromatic N) is 7. The number of piperazine rings is 1. The van der Waals surface area contributed by atoms with Gasteiger partial charge >= 0.3 is 6.03 Å². The third kappa shape index (κ3) is 6.00. The van der Waals surface area contributed by atoms with Crippen molar-refractivity contribution in [3.05, 3.63) is 66.6 Å². The lowest BCUT2D eigenvalue weighted by molar-refractivity contribution is 0.122. The maximum Gasteiger partial charge on any atom is 0.323 e. The molecule has 0 bridgehead atoms. The molecule has 39 heavy (non-hydrogen) atoms. The van der Waals surface area contributed by atoms with Gasteiger partial charge in [0.1, 0.15) is 5.52 Å². The van der Waals surface area contributed by atoms with E-state index in [2.05, 4.69) is 37.4 Å². The summed E-state index contributed by atoms with van der Waals surface area (Å²) in [6.07, 6.45) is 3.63. The van der Waals surface area contributed by atoms with Gasteiger partial charge in [0.25, 0.3) is 0 Å². The van der Waals surface area contributed by atoms with E-state index < -0.39 is 0 Å². The van der Waals surface area contributed by atoms with Crippen LogP contribution in [0.1, 0.15) is 5.69 Å². The number of anilines is 3. The number of benzene rings is 1. The standard InChI is InChI=1S/C28H33N9O2/c1-34-11-13-35(14-12-34)20-24-9-8-23(19-29-24)31-28(38)30-22-6-4-21(5-7-22)26-32-27(36-15-17-39-18-16-36)25-3-2-10-37(25)33-26/h2-10,19H,11-18,20H2,1H3,(H2,30,31,38). The van der Waals surface area contributed by atoms with Crippen molar-refractivity contribution in [3.8, 4) is 11.4 Å². The van der Waals surface area contributed by atoms with Gasteiger partial charge in [-0.15, -0.1) is 5.10 Å². The van der Waals surface area contributed by atoms with Gasteiger partial charge in [0.2, 0.25) is 0 Å². The first-order valence-corrected chi connectivity index (χ1v) is 13.3. The molecule has 0 aliphatic carbocycles. The molecule has 5 heterocycles. The van der Waals surface area contributed by atoms with Crippen LogP contribution in [0, 0.1) is 0 Å². The minimum Gasteiger partial charge on any atom is -0.378 e. The Morgan fingerprint density at radius 2 is 1.67 bits per heavy atom. The average molecular weight is 528 g/mol. The molecule has 0 saturated carbocycles. The number of aromatic nitrogens is 4. The zero-order chi connectivity index (χ0) is 26.6. The molecule has 3 aromatic heterocycles. The second kappa shape index (κ2) is 11.4. The van der Waals surface area contributed by atoms with Crippen LogP contribution >= 0.6 is 0 Å². The topological polar surface area (TPSA) is 103 Å². The number of fused-ring (bicyclic) bond motifs is 1. The highest BCUT2D eigenvalue weighted by Crippen LogP contribution is 2.25. The highest BCUT2D eigenvalue weighted by molar-refractivity contribution is 5.99. The van der Waals surface area contributed by atoms with Crippen molar-refractivity contribution in [1.82, 2.24) is 29.4 Å². The second-order valence-electron chi connectivity index (χ2n) is 9.97. The van der Waals surface area contributed by atoms with Gasteiger partial charge in [-0.3, -0.25) is 9.88 Å². The number of morpholine rings is 1. The van der Waals surface area contributed by atoms with E-state index >= 15 is 0 Å². The van der Waals surface area contributed by atoms with Gasteiger partial charge in [-0.1, -0.05) is 0 Å². The molecule has 0 atom stereocenters. The van der Waals surface area contributed by atoms with Crippen molar-refractivity contribution in [1.29, 1.82) is 0 Å². The Hall–Kier alpha value is -4.06. The predicted octanol–water partition coefficient (Wildman–Crippen LogP) is 3.02. The summed E-state index contributed by atoms with van der Waals surface area (Å²) >= 11 is 0. The number of hydrogen-bond donors (Lipinski definition) is 2. The number of amides is 2. The first-order valence-electron chi connectivity index (χ1n) is 13.3. The number of pyridine rings is 1. The second-order valence-corrected chi connectivity index (χ2v) is 9.97. The summed E-state index contributed by atoms with van der Waals surface area (Å²) in [4.78, 5) is 29.0. The summed E-state index contributed by atoms with van der Waals surface area (Å²) in [6, 6.07) is 15.1. The van der Waals surface area contributed by atoms with E-state index in [1.165, 1.54) is 0 Å². The van der Waals surface area contributed by atoms with Crippen molar-refractivity contribution in [3.63, 3.8) is 0 Å². The molecule has 2 saturated heterocycles. The Bertz CT molecular complexity index is 1410. The van der Waals surface area contributed by atoms with Crippen LogP contribution < -0.4 is 15.5 Å². The van der Waals surface area contributed by atoms with E-state index in [9.17, 15) is 4.79 Å². The average Bonchev–Trinajstić information content (AvgIpc) is 3.45. The minimum atomic E-state index is -0.323. The quantitative estimate of drug-likeness (QED) is 0.395. The Morgan fingerprint density at radius 3 is 2.41 bits per heavy atom. The molecule has 1 aromatic carbocycles. The fourth-order valence-electron chi connectivity index (χ4n) is 4.87. The van der Waals surface area contributed by atoms with Crippen LogP contribution in [-0.4, -0.2) is 94.9 Å². The zero-order valence-corrected chi connectivity index (χ0v) is 22.1. The fraction of sp³-hybridized carbons (Fsp3) is 0.357. The van der Waals surface area contributed by atoms with Crippen LogP contribution in [0.5, 0.6) is 0 Å². The van der Waals surface area contributed by atoms with Gasteiger partial charge in [-0.05, 0) is 55.6 Å². The monoisotopic (exact) mass is 527 g/mol. The Labute approximate surface area is 227 Å². The van der Waals surface area contributed by atoms with Gasteiger partial charge in [-0.25, -0.2) is 14.3 Å². The molecule has 2 N–H and O–H groups in total. The lowest BCUT2D eigenvalue weighted by Crippen LogP contribution is -2.43. The third-order valence-corrected chi connectivity index (χ3v) is 7.15. The van der Waals surface area contributed by atoms with Crippen LogP contribution in [0.4, 0.5) is 22.0 Å². The maximum atomic E-state index is 12.6. The van der Waals surface area contributed by atoms with E-state index in [-0.39, 0.29) is 6.03 Å². The largest absolute Gasteiger partial charge is 0.378 e. The molecule has 2 aliphatic rings. The van der Waals surface area contributed by atoms with Gasteiger partial charge in [-0.2, -0.15) is 0 Å². The zero-order valence-electron chi connectivity index (χ0n) is 22.1. The number of urea groups is 1.